The molecule has 5 heteroatoms. The number of anilines is 1. The minimum absolute atomic E-state index is 0.231. The van der Waals surface area contributed by atoms with E-state index in [1.165, 1.54) is 6.07 Å². The Morgan fingerprint density at radius 1 is 0.955 bits per heavy atom. The Morgan fingerprint density at radius 2 is 1.64 bits per heavy atom. The van der Waals surface area contributed by atoms with E-state index >= 15 is 0 Å². The molecule has 1 aliphatic heterocycles. The van der Waals surface area contributed by atoms with Gasteiger partial charge in [0.25, 0.3) is 0 Å². The van der Waals surface area contributed by atoms with Crippen LogP contribution in [0.15, 0.2) is 48.5 Å². The SMILES string of the molecule is Oc1ccc(N2CCN(OCc3ccccc3F)CC2)cc1. The van der Waals surface area contributed by atoms with Gasteiger partial charge in [0, 0.05) is 37.4 Å². The minimum atomic E-state index is -0.231. The van der Waals surface area contributed by atoms with Crippen LogP contribution in [0.4, 0.5) is 10.1 Å². The van der Waals surface area contributed by atoms with Crippen LogP contribution in [-0.2, 0) is 11.4 Å². The third kappa shape index (κ3) is 3.55. The van der Waals surface area contributed by atoms with Crippen LogP contribution >= 0.6 is 0 Å². The van der Waals surface area contributed by atoms with Crippen LogP contribution in [0, 0.1) is 5.82 Å². The van der Waals surface area contributed by atoms with Gasteiger partial charge in [0.15, 0.2) is 0 Å². The molecule has 0 spiro atoms. The van der Waals surface area contributed by atoms with Gasteiger partial charge in [-0.1, -0.05) is 18.2 Å². The largest absolute Gasteiger partial charge is 0.508 e. The molecule has 1 fully saturated rings. The molecule has 0 saturated carbocycles. The first kappa shape index (κ1) is 14.8. The van der Waals surface area contributed by atoms with E-state index in [9.17, 15) is 9.50 Å². The first-order valence-corrected chi connectivity index (χ1v) is 7.37. The lowest BCUT2D eigenvalue weighted by molar-refractivity contribution is -0.172. The lowest BCUT2D eigenvalue weighted by Crippen LogP contribution is -2.46. The molecule has 2 aromatic rings. The van der Waals surface area contributed by atoms with Crippen LogP contribution in [0.5, 0.6) is 5.75 Å². The number of nitrogens with zero attached hydrogens (tertiary/aromatic N) is 2. The molecule has 0 unspecified atom stereocenters. The zero-order chi connectivity index (χ0) is 15.4. The van der Waals surface area contributed by atoms with Crippen LogP contribution in [-0.4, -0.2) is 36.3 Å². The minimum Gasteiger partial charge on any atom is -0.508 e. The number of hydrogen-bond donors (Lipinski definition) is 1. The highest BCUT2D eigenvalue weighted by atomic mass is 19.1. The predicted molar refractivity (Wildman–Crippen MR) is 83.1 cm³/mol. The van der Waals surface area contributed by atoms with Crippen molar-refractivity contribution in [2.24, 2.45) is 0 Å². The summed E-state index contributed by atoms with van der Waals surface area (Å²) in [5.41, 5.74) is 1.66. The van der Waals surface area contributed by atoms with E-state index in [0.29, 0.717) is 5.56 Å². The summed E-state index contributed by atoms with van der Waals surface area (Å²) in [5.74, 6) is 0.0424. The van der Waals surface area contributed by atoms with Crippen molar-refractivity contribution in [1.29, 1.82) is 0 Å². The van der Waals surface area contributed by atoms with Crippen molar-refractivity contribution in [2.75, 3.05) is 31.1 Å². The number of aromatic hydroxyl groups is 1. The summed E-state index contributed by atoms with van der Waals surface area (Å²) in [6.07, 6.45) is 0. The first-order chi connectivity index (χ1) is 10.7. The monoisotopic (exact) mass is 302 g/mol. The quantitative estimate of drug-likeness (QED) is 0.942. The van der Waals surface area contributed by atoms with E-state index in [0.717, 1.165) is 31.9 Å². The Bertz CT molecular complexity index is 610. The van der Waals surface area contributed by atoms with Crippen LogP contribution in [0.1, 0.15) is 5.56 Å². The van der Waals surface area contributed by atoms with Crippen molar-refractivity contribution >= 4 is 5.69 Å². The molecule has 2 aromatic carbocycles. The standard InChI is InChI=1S/C17H19FN2O2/c18-17-4-2-1-3-14(17)13-22-20-11-9-19(10-12-20)15-5-7-16(21)8-6-15/h1-8,21H,9-13H2. The van der Waals surface area contributed by atoms with Crippen molar-refractivity contribution in [1.82, 2.24) is 5.06 Å². The predicted octanol–water partition coefficient (Wildman–Crippen LogP) is 2.79. The van der Waals surface area contributed by atoms with Gasteiger partial charge in [0.05, 0.1) is 6.61 Å². The lowest BCUT2D eigenvalue weighted by Gasteiger charge is -2.35. The molecule has 0 amide bonds. The highest BCUT2D eigenvalue weighted by molar-refractivity contribution is 5.49. The van der Waals surface area contributed by atoms with Gasteiger partial charge in [-0.25, -0.2) is 4.39 Å². The molecule has 1 N–H and O–H groups in total. The Hall–Kier alpha value is -2.11. The van der Waals surface area contributed by atoms with Crippen LogP contribution in [0.25, 0.3) is 0 Å². The molecule has 0 radical (unpaired) electrons. The summed E-state index contributed by atoms with van der Waals surface area (Å²) in [5, 5.41) is 11.2. The summed E-state index contributed by atoms with van der Waals surface area (Å²) in [7, 11) is 0. The number of piperazine rings is 1. The van der Waals surface area contributed by atoms with E-state index in [4.69, 9.17) is 4.84 Å². The maximum absolute atomic E-state index is 13.5. The van der Waals surface area contributed by atoms with Crippen molar-refractivity contribution in [2.45, 2.75) is 6.61 Å². The fourth-order valence-electron chi connectivity index (χ4n) is 2.52. The molecule has 0 aliphatic carbocycles. The second-order valence-electron chi connectivity index (χ2n) is 5.30. The second-order valence-corrected chi connectivity index (χ2v) is 5.30. The van der Waals surface area contributed by atoms with Gasteiger partial charge in [0.2, 0.25) is 0 Å². The molecule has 116 valence electrons. The number of halogens is 1. The maximum Gasteiger partial charge on any atom is 0.128 e. The molecule has 3 rings (SSSR count). The summed E-state index contributed by atoms with van der Waals surface area (Å²) in [6.45, 7) is 3.45. The lowest BCUT2D eigenvalue weighted by atomic mass is 10.2. The number of hydroxylamine groups is 2. The fourth-order valence-corrected chi connectivity index (χ4v) is 2.52. The van der Waals surface area contributed by atoms with Gasteiger partial charge in [-0.2, -0.15) is 5.06 Å². The Labute approximate surface area is 129 Å². The van der Waals surface area contributed by atoms with Crippen molar-refractivity contribution in [3.63, 3.8) is 0 Å². The molecule has 4 nitrogen and oxygen atoms in total. The first-order valence-electron chi connectivity index (χ1n) is 7.37. The van der Waals surface area contributed by atoms with E-state index in [1.807, 2.05) is 23.3 Å². The topological polar surface area (TPSA) is 35.9 Å². The molecule has 0 bridgehead atoms. The average Bonchev–Trinajstić information content (AvgIpc) is 2.55. The fraction of sp³-hybridized carbons (Fsp3) is 0.294. The van der Waals surface area contributed by atoms with Crippen molar-refractivity contribution in [3.8, 4) is 5.75 Å². The Kier molecular flexibility index (Phi) is 4.56. The average molecular weight is 302 g/mol. The number of phenolic OH excluding ortho intramolecular Hbond substituents is 1. The zero-order valence-electron chi connectivity index (χ0n) is 12.3. The van der Waals surface area contributed by atoms with Crippen LogP contribution in [0.2, 0.25) is 0 Å². The third-order valence-corrected chi connectivity index (χ3v) is 3.81. The van der Waals surface area contributed by atoms with E-state index in [1.54, 1.807) is 24.3 Å². The smallest absolute Gasteiger partial charge is 0.128 e. The summed E-state index contributed by atoms with van der Waals surface area (Å²) in [6, 6.07) is 13.9. The van der Waals surface area contributed by atoms with Crippen molar-refractivity contribution in [3.05, 3.63) is 59.9 Å². The molecular formula is C17H19FN2O2. The number of phenols is 1. The highest BCUT2D eigenvalue weighted by Gasteiger charge is 2.18. The van der Waals surface area contributed by atoms with Gasteiger partial charge in [0.1, 0.15) is 11.6 Å². The highest BCUT2D eigenvalue weighted by Crippen LogP contribution is 2.20. The summed E-state index contributed by atoms with van der Waals surface area (Å²) < 4.78 is 13.5. The van der Waals surface area contributed by atoms with E-state index in [2.05, 4.69) is 4.90 Å². The molecular weight excluding hydrogens is 283 g/mol. The molecule has 1 saturated heterocycles. The molecule has 1 heterocycles. The number of rotatable bonds is 4. The normalized spacial score (nSPS) is 16.0. The molecule has 22 heavy (non-hydrogen) atoms. The number of benzene rings is 2. The van der Waals surface area contributed by atoms with Crippen LogP contribution < -0.4 is 4.90 Å². The summed E-state index contributed by atoms with van der Waals surface area (Å²) in [4.78, 5) is 7.92. The van der Waals surface area contributed by atoms with Gasteiger partial charge < -0.3 is 10.0 Å². The number of hydrogen-bond acceptors (Lipinski definition) is 4. The van der Waals surface area contributed by atoms with Gasteiger partial charge >= 0.3 is 0 Å². The molecule has 1 aliphatic rings. The van der Waals surface area contributed by atoms with E-state index < -0.39 is 0 Å². The van der Waals surface area contributed by atoms with Crippen molar-refractivity contribution < 1.29 is 14.3 Å². The van der Waals surface area contributed by atoms with Gasteiger partial charge in [-0.15, -0.1) is 0 Å². The zero-order valence-corrected chi connectivity index (χ0v) is 12.3. The third-order valence-electron chi connectivity index (χ3n) is 3.81. The van der Waals surface area contributed by atoms with Crippen LogP contribution in [0.3, 0.4) is 0 Å². The molecule has 0 atom stereocenters. The maximum atomic E-state index is 13.5. The summed E-state index contributed by atoms with van der Waals surface area (Å²) >= 11 is 0. The van der Waals surface area contributed by atoms with Gasteiger partial charge in [-0.3, -0.25) is 4.84 Å². The Morgan fingerprint density at radius 3 is 2.32 bits per heavy atom. The van der Waals surface area contributed by atoms with Gasteiger partial charge in [-0.05, 0) is 30.3 Å². The Balaban J connectivity index is 1.49. The molecule has 0 aromatic heterocycles. The second kappa shape index (κ2) is 6.77. The van der Waals surface area contributed by atoms with E-state index in [-0.39, 0.29) is 18.2 Å².